The van der Waals surface area contributed by atoms with Crippen LogP contribution in [0.2, 0.25) is 5.02 Å². The second-order valence-corrected chi connectivity index (χ2v) is 6.61. The van der Waals surface area contributed by atoms with Crippen LogP contribution in [0.5, 0.6) is 5.75 Å². The van der Waals surface area contributed by atoms with E-state index in [1.807, 2.05) is 75.4 Å². The van der Waals surface area contributed by atoms with Crippen molar-refractivity contribution in [2.45, 2.75) is 26.9 Å². The van der Waals surface area contributed by atoms with Gasteiger partial charge in [-0.25, -0.2) is 4.98 Å². The van der Waals surface area contributed by atoms with Crippen LogP contribution < -0.4 is 15.4 Å². The van der Waals surface area contributed by atoms with Crippen molar-refractivity contribution in [1.82, 2.24) is 9.97 Å². The Balaban J connectivity index is 1.75. The minimum absolute atomic E-state index is 0.151. The molecular weight excluding hydrogens is 348 g/mol. The van der Waals surface area contributed by atoms with Crippen LogP contribution in [0.1, 0.15) is 19.5 Å². The van der Waals surface area contributed by atoms with E-state index in [1.54, 1.807) is 0 Å². The van der Waals surface area contributed by atoms with Gasteiger partial charge in [-0.05, 0) is 63.2 Å². The van der Waals surface area contributed by atoms with Gasteiger partial charge in [0.15, 0.2) is 0 Å². The molecule has 6 heteroatoms. The Morgan fingerprint density at radius 3 is 2.38 bits per heavy atom. The van der Waals surface area contributed by atoms with E-state index in [0.29, 0.717) is 16.8 Å². The Labute approximate surface area is 158 Å². The van der Waals surface area contributed by atoms with Crippen molar-refractivity contribution < 1.29 is 4.74 Å². The van der Waals surface area contributed by atoms with Crippen molar-refractivity contribution >= 4 is 34.7 Å². The molecule has 0 unspecified atom stereocenters. The zero-order valence-corrected chi connectivity index (χ0v) is 15.7. The molecule has 0 radical (unpaired) electrons. The van der Waals surface area contributed by atoms with E-state index < -0.39 is 0 Å². The lowest BCUT2D eigenvalue weighted by atomic mass is 10.3. The first-order valence-corrected chi connectivity index (χ1v) is 8.78. The third-order valence-electron chi connectivity index (χ3n) is 3.43. The molecule has 2 aromatic carbocycles. The number of hydrogen-bond donors (Lipinski definition) is 2. The van der Waals surface area contributed by atoms with Crippen molar-refractivity contribution in [3.63, 3.8) is 0 Å². The Kier molecular flexibility index (Phi) is 5.58. The van der Waals surface area contributed by atoms with Crippen LogP contribution in [0.3, 0.4) is 0 Å². The second kappa shape index (κ2) is 8.06. The predicted molar refractivity (Wildman–Crippen MR) is 107 cm³/mol. The van der Waals surface area contributed by atoms with Gasteiger partial charge in [0.25, 0.3) is 0 Å². The van der Waals surface area contributed by atoms with Crippen LogP contribution >= 0.6 is 11.6 Å². The van der Waals surface area contributed by atoms with E-state index in [2.05, 4.69) is 20.6 Å². The van der Waals surface area contributed by atoms with Crippen LogP contribution in [0.15, 0.2) is 54.6 Å². The maximum absolute atomic E-state index is 6.02. The largest absolute Gasteiger partial charge is 0.491 e. The Bertz CT molecular complexity index is 881. The monoisotopic (exact) mass is 368 g/mol. The summed E-state index contributed by atoms with van der Waals surface area (Å²) in [5.41, 5.74) is 2.61. The topological polar surface area (TPSA) is 59.1 Å². The van der Waals surface area contributed by atoms with Gasteiger partial charge in [0, 0.05) is 28.2 Å². The fourth-order valence-electron chi connectivity index (χ4n) is 2.42. The van der Waals surface area contributed by atoms with Crippen molar-refractivity contribution in [2.24, 2.45) is 0 Å². The molecule has 0 spiro atoms. The molecule has 2 N–H and O–H groups in total. The van der Waals surface area contributed by atoms with Gasteiger partial charge in [0.05, 0.1) is 6.10 Å². The zero-order chi connectivity index (χ0) is 18.5. The summed E-state index contributed by atoms with van der Waals surface area (Å²) in [6, 6.07) is 17.1. The fourth-order valence-corrected chi connectivity index (χ4v) is 2.61. The molecule has 0 aliphatic rings. The van der Waals surface area contributed by atoms with Gasteiger partial charge in [-0.2, -0.15) is 4.98 Å². The van der Waals surface area contributed by atoms with E-state index in [1.165, 1.54) is 0 Å². The van der Waals surface area contributed by atoms with Gasteiger partial charge in [-0.1, -0.05) is 17.7 Å². The van der Waals surface area contributed by atoms with Crippen LogP contribution in [0.25, 0.3) is 0 Å². The van der Waals surface area contributed by atoms with E-state index >= 15 is 0 Å². The van der Waals surface area contributed by atoms with Gasteiger partial charge in [-0.3, -0.25) is 0 Å². The minimum Gasteiger partial charge on any atom is -0.491 e. The highest BCUT2D eigenvalue weighted by Gasteiger charge is 2.05. The van der Waals surface area contributed by atoms with E-state index in [4.69, 9.17) is 16.3 Å². The molecule has 0 aliphatic heterocycles. The van der Waals surface area contributed by atoms with Gasteiger partial charge in [0.2, 0.25) is 5.95 Å². The zero-order valence-electron chi connectivity index (χ0n) is 15.0. The number of aryl methyl sites for hydroxylation is 1. The van der Waals surface area contributed by atoms with Crippen LogP contribution in [-0.4, -0.2) is 16.1 Å². The molecule has 26 heavy (non-hydrogen) atoms. The molecule has 0 saturated carbocycles. The number of hydrogen-bond acceptors (Lipinski definition) is 5. The Hall–Kier alpha value is -2.79. The molecular formula is C20H21ClN4O. The summed E-state index contributed by atoms with van der Waals surface area (Å²) in [7, 11) is 0. The van der Waals surface area contributed by atoms with E-state index in [0.717, 1.165) is 22.8 Å². The van der Waals surface area contributed by atoms with Gasteiger partial charge in [-0.15, -0.1) is 0 Å². The second-order valence-electron chi connectivity index (χ2n) is 6.17. The highest BCUT2D eigenvalue weighted by atomic mass is 35.5. The maximum Gasteiger partial charge on any atom is 0.229 e. The van der Waals surface area contributed by atoms with Gasteiger partial charge >= 0.3 is 0 Å². The summed E-state index contributed by atoms with van der Waals surface area (Å²) in [5, 5.41) is 7.12. The molecule has 0 bridgehead atoms. The number of halogens is 1. The number of benzene rings is 2. The maximum atomic E-state index is 6.02. The lowest BCUT2D eigenvalue weighted by Gasteiger charge is -2.12. The highest BCUT2D eigenvalue weighted by molar-refractivity contribution is 6.30. The molecule has 0 fully saturated rings. The molecule has 1 heterocycles. The van der Waals surface area contributed by atoms with Gasteiger partial charge in [0.1, 0.15) is 11.6 Å². The SMILES string of the molecule is Cc1cc(Nc2ccc(OC(C)C)cc2)nc(Nc2cccc(Cl)c2)n1. The van der Waals surface area contributed by atoms with Crippen molar-refractivity contribution in [3.8, 4) is 5.75 Å². The molecule has 3 aromatic rings. The van der Waals surface area contributed by atoms with Crippen LogP contribution in [0, 0.1) is 6.92 Å². The highest BCUT2D eigenvalue weighted by Crippen LogP contribution is 2.22. The molecule has 5 nitrogen and oxygen atoms in total. The summed E-state index contributed by atoms with van der Waals surface area (Å²) >= 11 is 6.02. The number of rotatable bonds is 6. The molecule has 1 aromatic heterocycles. The molecule has 0 saturated heterocycles. The van der Waals surface area contributed by atoms with Crippen molar-refractivity contribution in [3.05, 3.63) is 65.3 Å². The summed E-state index contributed by atoms with van der Waals surface area (Å²) in [6.07, 6.45) is 0.151. The number of anilines is 4. The smallest absolute Gasteiger partial charge is 0.229 e. The van der Waals surface area contributed by atoms with E-state index in [9.17, 15) is 0 Å². The lowest BCUT2D eigenvalue weighted by Crippen LogP contribution is -2.05. The number of nitrogens with zero attached hydrogens (tertiary/aromatic N) is 2. The molecule has 3 rings (SSSR count). The lowest BCUT2D eigenvalue weighted by molar-refractivity contribution is 0.242. The number of ether oxygens (including phenoxy) is 1. The summed E-state index contributed by atoms with van der Waals surface area (Å²) < 4.78 is 5.66. The third-order valence-corrected chi connectivity index (χ3v) is 3.67. The summed E-state index contributed by atoms with van der Waals surface area (Å²) in [4.78, 5) is 8.94. The minimum atomic E-state index is 0.151. The molecule has 0 amide bonds. The average molecular weight is 369 g/mol. The van der Waals surface area contributed by atoms with Crippen molar-refractivity contribution in [2.75, 3.05) is 10.6 Å². The average Bonchev–Trinajstić information content (AvgIpc) is 2.56. The normalized spacial score (nSPS) is 10.7. The summed E-state index contributed by atoms with van der Waals surface area (Å²) in [6.45, 7) is 5.93. The third kappa shape index (κ3) is 5.10. The van der Waals surface area contributed by atoms with Gasteiger partial charge < -0.3 is 15.4 Å². The predicted octanol–water partition coefficient (Wildman–Crippen LogP) is 5.71. The summed E-state index contributed by atoms with van der Waals surface area (Å²) in [5.74, 6) is 2.06. The van der Waals surface area contributed by atoms with Crippen molar-refractivity contribution in [1.29, 1.82) is 0 Å². The molecule has 0 atom stereocenters. The first-order chi connectivity index (χ1) is 12.5. The Morgan fingerprint density at radius 1 is 0.923 bits per heavy atom. The number of aromatic nitrogens is 2. The first kappa shape index (κ1) is 18.0. The van der Waals surface area contributed by atoms with Crippen LogP contribution in [0.4, 0.5) is 23.1 Å². The Morgan fingerprint density at radius 2 is 1.69 bits per heavy atom. The first-order valence-electron chi connectivity index (χ1n) is 8.40. The molecule has 134 valence electrons. The van der Waals surface area contributed by atoms with E-state index in [-0.39, 0.29) is 6.10 Å². The molecule has 0 aliphatic carbocycles. The quantitative estimate of drug-likeness (QED) is 0.583. The fraction of sp³-hybridized carbons (Fsp3) is 0.200. The standard InChI is InChI=1S/C20H21ClN4O/c1-13(2)26-18-9-7-16(8-10-18)23-19-11-14(3)22-20(25-19)24-17-6-4-5-15(21)12-17/h4-13H,1-3H3,(H2,22,23,24,25). The van der Waals surface area contributed by atoms with Crippen LogP contribution in [-0.2, 0) is 0 Å². The number of nitrogens with one attached hydrogen (secondary N) is 2.